The van der Waals surface area contributed by atoms with Crippen molar-refractivity contribution in [1.29, 1.82) is 0 Å². The molecule has 3 atom stereocenters. The Morgan fingerprint density at radius 2 is 2.00 bits per heavy atom. The van der Waals surface area contributed by atoms with Crippen LogP contribution in [0.1, 0.15) is 25.7 Å². The molecule has 20 heavy (non-hydrogen) atoms. The molecule has 2 aromatic rings. The van der Waals surface area contributed by atoms with Crippen molar-refractivity contribution < 1.29 is 4.79 Å². The molecule has 0 spiro atoms. The number of amides is 1. The van der Waals surface area contributed by atoms with E-state index in [1.165, 1.54) is 19.3 Å². The number of anilines is 1. The van der Waals surface area contributed by atoms with E-state index in [1.807, 2.05) is 36.4 Å². The summed E-state index contributed by atoms with van der Waals surface area (Å²) in [5.74, 6) is 2.46. The van der Waals surface area contributed by atoms with Gasteiger partial charge in [-0.15, -0.1) is 0 Å². The molecule has 4 rings (SSSR count). The van der Waals surface area contributed by atoms with E-state index >= 15 is 0 Å². The Bertz CT molecular complexity index is 667. The fourth-order valence-corrected chi connectivity index (χ4v) is 3.92. The maximum atomic E-state index is 12.4. The molecule has 2 bridgehead atoms. The number of nitrogens with one attached hydrogen (secondary N) is 1. The molecule has 1 N–H and O–H groups in total. The van der Waals surface area contributed by atoms with Crippen LogP contribution in [0.25, 0.3) is 10.9 Å². The normalized spacial score (nSPS) is 27.9. The van der Waals surface area contributed by atoms with Gasteiger partial charge in [0, 0.05) is 11.3 Å². The van der Waals surface area contributed by atoms with Gasteiger partial charge in [0.15, 0.2) is 0 Å². The highest BCUT2D eigenvalue weighted by molar-refractivity contribution is 5.93. The molecule has 2 fully saturated rings. The monoisotopic (exact) mass is 266 g/mol. The molecular formula is C17H18N2O. The lowest BCUT2D eigenvalue weighted by Gasteiger charge is -2.20. The second-order valence-corrected chi connectivity index (χ2v) is 6.16. The van der Waals surface area contributed by atoms with Crippen molar-refractivity contribution in [1.82, 2.24) is 4.98 Å². The van der Waals surface area contributed by atoms with Crippen molar-refractivity contribution in [3.63, 3.8) is 0 Å². The van der Waals surface area contributed by atoms with Crippen LogP contribution in [0.2, 0.25) is 0 Å². The summed E-state index contributed by atoms with van der Waals surface area (Å²) in [6.07, 6.45) is 4.88. The van der Waals surface area contributed by atoms with Crippen LogP contribution in [0.5, 0.6) is 0 Å². The molecule has 2 aliphatic rings. The molecular weight excluding hydrogens is 248 g/mol. The van der Waals surface area contributed by atoms with Gasteiger partial charge in [0.25, 0.3) is 0 Å². The molecule has 3 unspecified atom stereocenters. The van der Waals surface area contributed by atoms with Gasteiger partial charge in [-0.2, -0.15) is 0 Å². The first-order chi connectivity index (χ1) is 9.79. The van der Waals surface area contributed by atoms with Crippen molar-refractivity contribution in [3.8, 4) is 0 Å². The number of fused-ring (bicyclic) bond motifs is 3. The molecule has 3 heteroatoms. The van der Waals surface area contributed by atoms with E-state index in [2.05, 4.69) is 10.3 Å². The Hall–Kier alpha value is -1.90. The van der Waals surface area contributed by atoms with Crippen LogP contribution in [-0.2, 0) is 4.79 Å². The molecule has 0 radical (unpaired) electrons. The Balaban J connectivity index is 1.53. The number of hydrogen-bond donors (Lipinski definition) is 1. The maximum Gasteiger partial charge on any atom is 0.228 e. The van der Waals surface area contributed by atoms with Crippen molar-refractivity contribution in [2.45, 2.75) is 25.7 Å². The molecule has 102 valence electrons. The van der Waals surface area contributed by atoms with Gasteiger partial charge in [0.2, 0.25) is 5.91 Å². The van der Waals surface area contributed by atoms with Gasteiger partial charge in [-0.3, -0.25) is 4.79 Å². The molecule has 1 amide bonds. The topological polar surface area (TPSA) is 42.0 Å². The number of hydrogen-bond acceptors (Lipinski definition) is 2. The van der Waals surface area contributed by atoms with Gasteiger partial charge >= 0.3 is 0 Å². The standard InChI is InChI=1S/C17H18N2O/c20-17(14-10-11-5-6-13(14)9-11)19-16-8-7-12-3-1-2-4-15(12)18-16/h1-4,7-8,11,13-14H,5-6,9-10H2,(H,18,19,20). The first kappa shape index (κ1) is 11.9. The van der Waals surface area contributed by atoms with Crippen molar-refractivity contribution >= 4 is 22.6 Å². The average molecular weight is 266 g/mol. The summed E-state index contributed by atoms with van der Waals surface area (Å²) in [6, 6.07) is 11.9. The number of para-hydroxylation sites is 1. The van der Waals surface area contributed by atoms with Gasteiger partial charge in [0.1, 0.15) is 5.82 Å². The van der Waals surface area contributed by atoms with Crippen LogP contribution in [0.3, 0.4) is 0 Å². The lowest BCUT2D eigenvalue weighted by Crippen LogP contribution is -2.27. The first-order valence-corrected chi connectivity index (χ1v) is 7.46. The number of pyridine rings is 1. The zero-order valence-electron chi connectivity index (χ0n) is 11.4. The third-order valence-corrected chi connectivity index (χ3v) is 4.92. The first-order valence-electron chi connectivity index (χ1n) is 7.46. The summed E-state index contributed by atoms with van der Waals surface area (Å²) in [5.41, 5.74) is 0.929. The third-order valence-electron chi connectivity index (χ3n) is 4.92. The summed E-state index contributed by atoms with van der Waals surface area (Å²) in [7, 11) is 0. The van der Waals surface area contributed by atoms with E-state index in [4.69, 9.17) is 0 Å². The van der Waals surface area contributed by atoms with E-state index in [0.717, 1.165) is 23.2 Å². The van der Waals surface area contributed by atoms with E-state index < -0.39 is 0 Å². The highest BCUT2D eigenvalue weighted by Gasteiger charge is 2.43. The lowest BCUT2D eigenvalue weighted by molar-refractivity contribution is -0.121. The Morgan fingerprint density at radius 1 is 1.10 bits per heavy atom. The molecule has 1 aromatic heterocycles. The second-order valence-electron chi connectivity index (χ2n) is 6.16. The molecule has 0 aliphatic heterocycles. The SMILES string of the molecule is O=C(Nc1ccc2ccccc2n1)C1CC2CCC1C2. The minimum atomic E-state index is 0.167. The molecule has 1 heterocycles. The van der Waals surface area contributed by atoms with E-state index in [9.17, 15) is 4.79 Å². The second kappa shape index (κ2) is 4.58. The Labute approximate surface area is 118 Å². The number of carbonyl (C=O) groups is 1. The zero-order valence-corrected chi connectivity index (χ0v) is 11.4. The Morgan fingerprint density at radius 3 is 2.80 bits per heavy atom. The van der Waals surface area contributed by atoms with Gasteiger partial charge in [0.05, 0.1) is 5.52 Å². The van der Waals surface area contributed by atoms with Gasteiger partial charge in [-0.05, 0) is 49.3 Å². The summed E-state index contributed by atoms with van der Waals surface area (Å²) < 4.78 is 0. The highest BCUT2D eigenvalue weighted by atomic mass is 16.2. The van der Waals surface area contributed by atoms with Gasteiger partial charge in [-0.1, -0.05) is 24.6 Å². The molecule has 3 nitrogen and oxygen atoms in total. The largest absolute Gasteiger partial charge is 0.310 e. The minimum Gasteiger partial charge on any atom is -0.310 e. The minimum absolute atomic E-state index is 0.167. The van der Waals surface area contributed by atoms with E-state index in [1.54, 1.807) is 0 Å². The van der Waals surface area contributed by atoms with E-state index in [0.29, 0.717) is 11.7 Å². The van der Waals surface area contributed by atoms with Crippen molar-refractivity contribution in [3.05, 3.63) is 36.4 Å². The fourth-order valence-electron chi connectivity index (χ4n) is 3.92. The van der Waals surface area contributed by atoms with Gasteiger partial charge in [-0.25, -0.2) is 4.98 Å². The van der Waals surface area contributed by atoms with Crippen LogP contribution < -0.4 is 5.32 Å². The Kier molecular flexibility index (Phi) is 2.72. The highest BCUT2D eigenvalue weighted by Crippen LogP contribution is 2.48. The van der Waals surface area contributed by atoms with E-state index in [-0.39, 0.29) is 11.8 Å². The van der Waals surface area contributed by atoms with Gasteiger partial charge < -0.3 is 5.32 Å². The predicted octanol–water partition coefficient (Wildman–Crippen LogP) is 3.61. The molecule has 1 aromatic carbocycles. The molecule has 0 saturated heterocycles. The predicted molar refractivity (Wildman–Crippen MR) is 79.3 cm³/mol. The lowest BCUT2D eigenvalue weighted by atomic mass is 9.88. The summed E-state index contributed by atoms with van der Waals surface area (Å²) in [6.45, 7) is 0. The third kappa shape index (κ3) is 1.98. The fraction of sp³-hybridized carbons (Fsp3) is 0.412. The van der Waals surface area contributed by atoms with Crippen LogP contribution in [0, 0.1) is 17.8 Å². The number of nitrogens with zero attached hydrogens (tertiary/aromatic N) is 1. The summed E-state index contributed by atoms with van der Waals surface area (Å²) in [4.78, 5) is 16.9. The van der Waals surface area contributed by atoms with Crippen LogP contribution in [0.4, 0.5) is 5.82 Å². The van der Waals surface area contributed by atoms with Crippen molar-refractivity contribution in [2.24, 2.45) is 17.8 Å². The number of rotatable bonds is 2. The number of aromatic nitrogens is 1. The van der Waals surface area contributed by atoms with Crippen LogP contribution in [0.15, 0.2) is 36.4 Å². The summed E-state index contributed by atoms with van der Waals surface area (Å²) >= 11 is 0. The van der Waals surface area contributed by atoms with Crippen LogP contribution in [-0.4, -0.2) is 10.9 Å². The number of benzene rings is 1. The van der Waals surface area contributed by atoms with Crippen molar-refractivity contribution in [2.75, 3.05) is 5.32 Å². The molecule has 2 aliphatic carbocycles. The number of carbonyl (C=O) groups excluding carboxylic acids is 1. The van der Waals surface area contributed by atoms with Crippen LogP contribution >= 0.6 is 0 Å². The maximum absolute atomic E-state index is 12.4. The smallest absolute Gasteiger partial charge is 0.228 e. The molecule has 2 saturated carbocycles. The summed E-state index contributed by atoms with van der Waals surface area (Å²) in [5, 5.41) is 4.11. The quantitative estimate of drug-likeness (QED) is 0.902. The average Bonchev–Trinajstić information content (AvgIpc) is 3.10. The zero-order chi connectivity index (χ0) is 13.5.